The number of aldehydes is 1. The zero-order valence-electron chi connectivity index (χ0n) is 10.7. The van der Waals surface area contributed by atoms with E-state index < -0.39 is 0 Å². The zero-order valence-corrected chi connectivity index (χ0v) is 12.3. The Bertz CT molecular complexity index is 771. The number of rotatable bonds is 4. The Balaban J connectivity index is 1.95. The van der Waals surface area contributed by atoms with Crippen LogP contribution >= 0.6 is 23.1 Å². The van der Waals surface area contributed by atoms with Crippen LogP contribution in [0.2, 0.25) is 0 Å². The van der Waals surface area contributed by atoms with Crippen molar-refractivity contribution in [2.75, 3.05) is 0 Å². The predicted molar refractivity (Wildman–Crippen MR) is 81.3 cm³/mol. The highest BCUT2D eigenvalue weighted by Crippen LogP contribution is 2.37. The van der Waals surface area contributed by atoms with Crippen molar-refractivity contribution in [2.24, 2.45) is 0 Å². The minimum atomic E-state index is -0.257. The van der Waals surface area contributed by atoms with Gasteiger partial charge in [-0.15, -0.1) is 11.3 Å². The van der Waals surface area contributed by atoms with Crippen molar-refractivity contribution >= 4 is 29.4 Å². The van der Waals surface area contributed by atoms with Crippen molar-refractivity contribution in [3.63, 3.8) is 0 Å². The van der Waals surface area contributed by atoms with Crippen LogP contribution in [0.15, 0.2) is 58.7 Å². The van der Waals surface area contributed by atoms with Gasteiger partial charge in [-0.25, -0.2) is 9.37 Å². The van der Waals surface area contributed by atoms with Gasteiger partial charge in [0.2, 0.25) is 0 Å². The van der Waals surface area contributed by atoms with Gasteiger partial charge in [0, 0.05) is 33.9 Å². The molecule has 0 spiro atoms. The second kappa shape index (κ2) is 6.15. The highest BCUT2D eigenvalue weighted by molar-refractivity contribution is 7.99. The van der Waals surface area contributed by atoms with Gasteiger partial charge < -0.3 is 0 Å². The predicted octanol–water partition coefficient (Wildman–Crippen LogP) is 4.31. The summed E-state index contributed by atoms with van der Waals surface area (Å²) in [5.41, 5.74) is 0.914. The Morgan fingerprint density at radius 2 is 1.95 bits per heavy atom. The minimum absolute atomic E-state index is 0.257. The van der Waals surface area contributed by atoms with E-state index in [0.717, 1.165) is 26.5 Å². The summed E-state index contributed by atoms with van der Waals surface area (Å²) in [6.45, 7) is 0. The van der Waals surface area contributed by atoms with Crippen molar-refractivity contribution < 1.29 is 9.18 Å². The minimum Gasteiger partial charge on any atom is -0.295 e. The van der Waals surface area contributed by atoms with Gasteiger partial charge in [-0.1, -0.05) is 11.8 Å². The number of aromatic nitrogens is 2. The lowest BCUT2D eigenvalue weighted by molar-refractivity contribution is 0.112. The Hall–Kier alpha value is -2.05. The van der Waals surface area contributed by atoms with E-state index in [2.05, 4.69) is 9.97 Å². The van der Waals surface area contributed by atoms with Gasteiger partial charge in [-0.05, 0) is 30.3 Å². The van der Waals surface area contributed by atoms with E-state index in [9.17, 15) is 9.18 Å². The van der Waals surface area contributed by atoms with Crippen molar-refractivity contribution in [1.82, 2.24) is 9.97 Å². The van der Waals surface area contributed by atoms with E-state index in [4.69, 9.17) is 0 Å². The fourth-order valence-corrected chi connectivity index (χ4v) is 3.50. The number of halogens is 1. The first-order chi connectivity index (χ1) is 10.3. The van der Waals surface area contributed by atoms with Gasteiger partial charge in [0.25, 0.3) is 0 Å². The van der Waals surface area contributed by atoms with Gasteiger partial charge in [0.05, 0.1) is 4.88 Å². The van der Waals surface area contributed by atoms with Crippen LogP contribution in [-0.4, -0.2) is 16.3 Å². The summed E-state index contributed by atoms with van der Waals surface area (Å²) in [5, 5.41) is 0.437. The van der Waals surface area contributed by atoms with Crippen molar-refractivity contribution in [2.45, 2.75) is 9.79 Å². The van der Waals surface area contributed by atoms with Crippen molar-refractivity contribution in [3.8, 4) is 10.4 Å². The molecule has 0 aliphatic carbocycles. The summed E-state index contributed by atoms with van der Waals surface area (Å²) < 4.78 is 13.0. The molecule has 0 bridgehead atoms. The monoisotopic (exact) mass is 316 g/mol. The van der Waals surface area contributed by atoms with Crippen LogP contribution in [-0.2, 0) is 0 Å². The third kappa shape index (κ3) is 3.17. The summed E-state index contributed by atoms with van der Waals surface area (Å²) in [6.07, 6.45) is 5.85. The molecule has 0 aliphatic heterocycles. The smallest absolute Gasteiger partial charge is 0.178 e. The first kappa shape index (κ1) is 13.9. The number of nitrogens with zero attached hydrogens (tertiary/aromatic N) is 2. The third-order valence-corrected chi connectivity index (χ3v) is 4.75. The molecule has 0 saturated heterocycles. The molecule has 0 amide bonds. The molecule has 3 rings (SSSR count). The molecule has 21 heavy (non-hydrogen) atoms. The lowest BCUT2D eigenvalue weighted by Crippen LogP contribution is -1.82. The zero-order chi connectivity index (χ0) is 14.7. The molecule has 0 radical (unpaired) electrons. The average Bonchev–Trinajstić information content (AvgIpc) is 2.99. The maximum Gasteiger partial charge on any atom is 0.178 e. The summed E-state index contributed by atoms with van der Waals surface area (Å²) in [6, 6.07) is 8.21. The molecule has 3 nitrogen and oxygen atoms in total. The van der Waals surface area contributed by atoms with E-state index in [1.54, 1.807) is 30.7 Å². The normalized spacial score (nSPS) is 10.5. The SMILES string of the molecule is O=Cc1ncc(-c2cnccc2Sc2ccc(F)cc2)s1. The van der Waals surface area contributed by atoms with Gasteiger partial charge in [0.15, 0.2) is 11.3 Å². The molecule has 3 aromatic rings. The molecule has 0 saturated carbocycles. The lowest BCUT2D eigenvalue weighted by atomic mass is 10.2. The van der Waals surface area contributed by atoms with Crippen LogP contribution in [0.3, 0.4) is 0 Å². The highest BCUT2D eigenvalue weighted by atomic mass is 32.2. The summed E-state index contributed by atoms with van der Waals surface area (Å²) in [5.74, 6) is -0.257. The molecule has 0 atom stereocenters. The van der Waals surface area contributed by atoms with E-state index >= 15 is 0 Å². The second-order valence-corrected chi connectivity index (χ2v) is 6.29. The number of pyridine rings is 1. The largest absolute Gasteiger partial charge is 0.295 e. The number of benzene rings is 1. The fourth-order valence-electron chi connectivity index (χ4n) is 1.75. The summed E-state index contributed by atoms with van der Waals surface area (Å²) in [7, 11) is 0. The molecule has 1 aromatic carbocycles. The van der Waals surface area contributed by atoms with E-state index in [-0.39, 0.29) is 5.82 Å². The Kier molecular flexibility index (Phi) is 4.08. The number of thiazole rings is 1. The number of carbonyl (C=O) groups is 1. The van der Waals surface area contributed by atoms with Crippen LogP contribution in [0, 0.1) is 5.82 Å². The Labute approximate surface area is 128 Å². The molecule has 104 valence electrons. The lowest BCUT2D eigenvalue weighted by Gasteiger charge is -2.06. The number of carbonyl (C=O) groups excluding carboxylic acids is 1. The standard InChI is InChI=1S/C15H9FN2OS2/c16-10-1-3-11(4-2-10)20-13-5-6-17-7-12(13)14-8-18-15(9-19)21-14/h1-9H. The number of hydrogen-bond donors (Lipinski definition) is 0. The van der Waals surface area contributed by atoms with Crippen molar-refractivity contribution in [3.05, 3.63) is 59.7 Å². The molecular formula is C15H9FN2OS2. The molecule has 0 aliphatic rings. The molecule has 2 aromatic heterocycles. The maximum atomic E-state index is 13.0. The van der Waals surface area contributed by atoms with Gasteiger partial charge in [-0.2, -0.15) is 0 Å². The number of hydrogen-bond acceptors (Lipinski definition) is 5. The van der Waals surface area contributed by atoms with Crippen LogP contribution in [0.25, 0.3) is 10.4 Å². The fraction of sp³-hybridized carbons (Fsp3) is 0. The summed E-state index contributed by atoms with van der Waals surface area (Å²) >= 11 is 2.84. The van der Waals surface area contributed by atoms with E-state index in [0.29, 0.717) is 5.01 Å². The Morgan fingerprint density at radius 3 is 2.67 bits per heavy atom. The molecule has 2 heterocycles. The maximum absolute atomic E-state index is 13.0. The quantitative estimate of drug-likeness (QED) is 0.673. The van der Waals surface area contributed by atoms with Gasteiger partial charge >= 0.3 is 0 Å². The first-order valence-corrected chi connectivity index (χ1v) is 7.68. The average molecular weight is 316 g/mol. The molecule has 6 heteroatoms. The van der Waals surface area contributed by atoms with Crippen LogP contribution in [0.1, 0.15) is 9.80 Å². The van der Waals surface area contributed by atoms with Gasteiger partial charge in [-0.3, -0.25) is 9.78 Å². The van der Waals surface area contributed by atoms with Crippen LogP contribution in [0.4, 0.5) is 4.39 Å². The van der Waals surface area contributed by atoms with E-state index in [1.807, 2.05) is 6.07 Å². The second-order valence-electron chi connectivity index (χ2n) is 4.11. The van der Waals surface area contributed by atoms with E-state index in [1.165, 1.54) is 35.2 Å². The summed E-state index contributed by atoms with van der Waals surface area (Å²) in [4.78, 5) is 21.7. The molecule has 0 fully saturated rings. The topological polar surface area (TPSA) is 42.9 Å². The molecular weight excluding hydrogens is 307 g/mol. The molecule has 0 unspecified atom stereocenters. The van der Waals surface area contributed by atoms with Crippen LogP contribution < -0.4 is 0 Å². The molecule has 0 N–H and O–H groups in total. The van der Waals surface area contributed by atoms with Crippen molar-refractivity contribution in [1.29, 1.82) is 0 Å². The van der Waals surface area contributed by atoms with Gasteiger partial charge in [0.1, 0.15) is 5.82 Å². The first-order valence-electron chi connectivity index (χ1n) is 6.05. The highest BCUT2D eigenvalue weighted by Gasteiger charge is 2.10. The van der Waals surface area contributed by atoms with Crippen LogP contribution in [0.5, 0.6) is 0 Å². The Morgan fingerprint density at radius 1 is 1.14 bits per heavy atom. The third-order valence-electron chi connectivity index (χ3n) is 2.71.